The number of hydrogen-bond acceptors (Lipinski definition) is 1. The minimum absolute atomic E-state index is 0.954. The molecular formula is C23H20NO+. The number of pyridine rings is 1. The van der Waals surface area contributed by atoms with Gasteiger partial charge >= 0.3 is 0 Å². The Bertz CT molecular complexity index is 1200. The maximum atomic E-state index is 6.42. The summed E-state index contributed by atoms with van der Waals surface area (Å²) in [7, 11) is 2.13. The van der Waals surface area contributed by atoms with Gasteiger partial charge in [-0.25, -0.2) is 0 Å². The van der Waals surface area contributed by atoms with Gasteiger partial charge < -0.3 is 4.74 Å². The van der Waals surface area contributed by atoms with Gasteiger partial charge in [-0.1, -0.05) is 30.3 Å². The zero-order chi connectivity index (χ0) is 17.3. The molecule has 1 aliphatic heterocycles. The molecule has 0 saturated heterocycles. The van der Waals surface area contributed by atoms with Crippen molar-refractivity contribution in [2.45, 2.75) is 20.8 Å². The van der Waals surface area contributed by atoms with Crippen molar-refractivity contribution < 1.29 is 9.30 Å². The van der Waals surface area contributed by atoms with Crippen LogP contribution in [0.15, 0.2) is 48.7 Å². The summed E-state index contributed by atoms with van der Waals surface area (Å²) in [5, 5.41) is 5.01. The minimum atomic E-state index is 0.954. The third kappa shape index (κ3) is 1.88. The molecular weight excluding hydrogens is 306 g/mol. The summed E-state index contributed by atoms with van der Waals surface area (Å²) in [6.45, 7) is 6.51. The number of rotatable bonds is 0. The molecule has 1 aliphatic rings. The van der Waals surface area contributed by atoms with Crippen molar-refractivity contribution in [3.05, 3.63) is 65.4 Å². The fourth-order valence-corrected chi connectivity index (χ4v) is 4.28. The van der Waals surface area contributed by atoms with Crippen LogP contribution in [0.25, 0.3) is 32.8 Å². The molecule has 0 aliphatic carbocycles. The Morgan fingerprint density at radius 1 is 0.880 bits per heavy atom. The second kappa shape index (κ2) is 4.82. The lowest BCUT2D eigenvalue weighted by Crippen LogP contribution is -2.32. The van der Waals surface area contributed by atoms with Gasteiger partial charge in [-0.15, -0.1) is 0 Å². The van der Waals surface area contributed by atoms with E-state index in [0.717, 1.165) is 11.5 Å². The third-order valence-electron chi connectivity index (χ3n) is 5.38. The van der Waals surface area contributed by atoms with Gasteiger partial charge in [0.25, 0.3) is 0 Å². The Morgan fingerprint density at radius 3 is 2.52 bits per heavy atom. The van der Waals surface area contributed by atoms with Crippen molar-refractivity contribution in [3.63, 3.8) is 0 Å². The van der Waals surface area contributed by atoms with Gasteiger partial charge in [0, 0.05) is 10.9 Å². The van der Waals surface area contributed by atoms with Crippen molar-refractivity contribution in [2.75, 3.05) is 0 Å². The number of ether oxygens (including phenoxy) is 1. The van der Waals surface area contributed by atoms with Crippen LogP contribution >= 0.6 is 0 Å². The van der Waals surface area contributed by atoms with Gasteiger partial charge in [-0.05, 0) is 54.8 Å². The lowest BCUT2D eigenvalue weighted by Gasteiger charge is -2.23. The molecule has 0 bridgehead atoms. The smallest absolute Gasteiger partial charge is 0.228 e. The first kappa shape index (κ1) is 14.5. The number of nitrogens with zero attached hydrogens (tertiary/aromatic N) is 1. The van der Waals surface area contributed by atoms with E-state index in [-0.39, 0.29) is 0 Å². The first-order valence-electron chi connectivity index (χ1n) is 8.69. The third-order valence-corrected chi connectivity index (χ3v) is 5.38. The number of aromatic nitrogens is 1. The van der Waals surface area contributed by atoms with Crippen LogP contribution < -0.4 is 9.30 Å². The summed E-state index contributed by atoms with van der Waals surface area (Å²) in [6.07, 6.45) is 2.23. The molecule has 0 spiro atoms. The highest BCUT2D eigenvalue weighted by Crippen LogP contribution is 2.48. The van der Waals surface area contributed by atoms with Crippen molar-refractivity contribution in [2.24, 2.45) is 7.05 Å². The molecule has 1 aromatic heterocycles. The molecule has 3 aromatic carbocycles. The second-order valence-corrected chi connectivity index (χ2v) is 7.16. The van der Waals surface area contributed by atoms with Crippen LogP contribution in [-0.4, -0.2) is 0 Å². The first-order chi connectivity index (χ1) is 12.0. The Morgan fingerprint density at radius 2 is 1.68 bits per heavy atom. The van der Waals surface area contributed by atoms with Gasteiger partial charge in [-0.2, -0.15) is 4.57 Å². The average molecular weight is 326 g/mol. The highest BCUT2D eigenvalue weighted by molar-refractivity contribution is 6.06. The highest BCUT2D eigenvalue weighted by Gasteiger charge is 2.30. The quantitative estimate of drug-likeness (QED) is 0.342. The SMILES string of the molecule is Cc1cc2c3c([n+](C)cc(C)c3c1)-c1c(cc3ccccc3c1C)O2. The predicted octanol–water partition coefficient (Wildman–Crippen LogP) is 5.52. The summed E-state index contributed by atoms with van der Waals surface area (Å²) < 4.78 is 8.67. The summed E-state index contributed by atoms with van der Waals surface area (Å²) in [6, 6.07) is 15.1. The van der Waals surface area contributed by atoms with E-state index in [1.165, 1.54) is 49.5 Å². The Hall–Kier alpha value is -2.87. The summed E-state index contributed by atoms with van der Waals surface area (Å²) in [4.78, 5) is 0. The normalized spacial score (nSPS) is 12.3. The van der Waals surface area contributed by atoms with E-state index in [4.69, 9.17) is 4.74 Å². The van der Waals surface area contributed by atoms with Crippen molar-refractivity contribution in [1.29, 1.82) is 0 Å². The van der Waals surface area contributed by atoms with Gasteiger partial charge in [-0.3, -0.25) is 0 Å². The molecule has 5 rings (SSSR count). The van der Waals surface area contributed by atoms with E-state index < -0.39 is 0 Å². The molecule has 0 saturated carbocycles. The van der Waals surface area contributed by atoms with E-state index in [1.807, 2.05) is 0 Å². The fraction of sp³-hybridized carbons (Fsp3) is 0.174. The lowest BCUT2D eigenvalue weighted by molar-refractivity contribution is -0.659. The molecule has 0 fully saturated rings. The average Bonchev–Trinajstić information content (AvgIpc) is 2.58. The number of aryl methyl sites for hydroxylation is 4. The molecule has 0 N–H and O–H groups in total. The van der Waals surface area contributed by atoms with Gasteiger partial charge in [0.15, 0.2) is 6.20 Å². The molecule has 4 aromatic rings. The summed E-state index contributed by atoms with van der Waals surface area (Å²) in [5.41, 5.74) is 6.24. The lowest BCUT2D eigenvalue weighted by atomic mass is 9.90. The van der Waals surface area contributed by atoms with Crippen LogP contribution in [0.3, 0.4) is 0 Å². The molecule has 0 atom stereocenters. The van der Waals surface area contributed by atoms with Gasteiger partial charge in [0.1, 0.15) is 18.5 Å². The fourth-order valence-electron chi connectivity index (χ4n) is 4.28. The predicted molar refractivity (Wildman–Crippen MR) is 102 cm³/mol. The Labute approximate surface area is 147 Å². The van der Waals surface area contributed by atoms with Crippen molar-refractivity contribution in [1.82, 2.24) is 0 Å². The van der Waals surface area contributed by atoms with Crippen LogP contribution in [0.5, 0.6) is 11.5 Å². The highest BCUT2D eigenvalue weighted by atomic mass is 16.5. The largest absolute Gasteiger partial charge is 0.456 e. The maximum Gasteiger partial charge on any atom is 0.228 e. The summed E-state index contributed by atoms with van der Waals surface area (Å²) >= 11 is 0. The number of benzene rings is 3. The van der Waals surface area contributed by atoms with E-state index in [1.54, 1.807) is 0 Å². The molecule has 0 radical (unpaired) electrons. The molecule has 2 heteroatoms. The first-order valence-corrected chi connectivity index (χ1v) is 8.69. The zero-order valence-corrected chi connectivity index (χ0v) is 15.0. The molecule has 2 nitrogen and oxygen atoms in total. The van der Waals surface area contributed by atoms with Crippen LogP contribution in [0.2, 0.25) is 0 Å². The molecule has 122 valence electrons. The van der Waals surface area contributed by atoms with Crippen LogP contribution in [0, 0.1) is 20.8 Å². The molecule has 0 amide bonds. The number of hydrogen-bond donors (Lipinski definition) is 0. The summed E-state index contributed by atoms with van der Waals surface area (Å²) in [5.74, 6) is 1.92. The van der Waals surface area contributed by atoms with E-state index in [2.05, 4.69) is 81.0 Å². The second-order valence-electron chi connectivity index (χ2n) is 7.16. The maximum absolute atomic E-state index is 6.42. The Kier molecular flexibility index (Phi) is 2.79. The van der Waals surface area contributed by atoms with Crippen molar-refractivity contribution in [3.8, 4) is 22.8 Å². The monoisotopic (exact) mass is 326 g/mol. The van der Waals surface area contributed by atoms with Crippen LogP contribution in [0.4, 0.5) is 0 Å². The van der Waals surface area contributed by atoms with E-state index in [9.17, 15) is 0 Å². The molecule has 0 unspecified atom stereocenters. The van der Waals surface area contributed by atoms with Crippen LogP contribution in [-0.2, 0) is 7.05 Å². The molecule has 2 heterocycles. The standard InChI is InChI=1S/C23H20NO/c1-13-9-18-14(2)12-24(4)23-21-15(3)17-8-6-5-7-16(17)11-20(21)25-19(10-13)22(18)23/h5-12H,1-4H3/q+1. The van der Waals surface area contributed by atoms with Crippen LogP contribution in [0.1, 0.15) is 16.7 Å². The zero-order valence-electron chi connectivity index (χ0n) is 15.0. The van der Waals surface area contributed by atoms with E-state index in [0.29, 0.717) is 0 Å². The van der Waals surface area contributed by atoms with Crippen molar-refractivity contribution >= 4 is 21.5 Å². The minimum Gasteiger partial charge on any atom is -0.456 e. The van der Waals surface area contributed by atoms with Gasteiger partial charge in [0.05, 0.1) is 10.9 Å². The number of fused-ring (bicyclic) bond motifs is 3. The molecule has 25 heavy (non-hydrogen) atoms. The van der Waals surface area contributed by atoms with E-state index >= 15 is 0 Å². The van der Waals surface area contributed by atoms with Gasteiger partial charge in [0.2, 0.25) is 5.69 Å². The topological polar surface area (TPSA) is 13.1 Å². The Balaban J connectivity index is 2.02.